The van der Waals surface area contributed by atoms with Crippen molar-refractivity contribution in [1.82, 2.24) is 4.90 Å². The van der Waals surface area contributed by atoms with Crippen LogP contribution < -0.4 is 10.6 Å². The van der Waals surface area contributed by atoms with Crippen molar-refractivity contribution in [3.05, 3.63) is 46.3 Å². The Kier molecular flexibility index (Phi) is 6.07. The van der Waals surface area contributed by atoms with E-state index in [1.807, 2.05) is 30.3 Å². The van der Waals surface area contributed by atoms with Crippen molar-refractivity contribution in [1.29, 1.82) is 0 Å². The van der Waals surface area contributed by atoms with Gasteiger partial charge in [-0.15, -0.1) is 11.3 Å². The van der Waals surface area contributed by atoms with Gasteiger partial charge in [0.2, 0.25) is 5.91 Å². The molecule has 5 nitrogen and oxygen atoms in total. The molecule has 2 heterocycles. The van der Waals surface area contributed by atoms with E-state index < -0.39 is 0 Å². The Morgan fingerprint density at radius 3 is 2.46 bits per heavy atom. The third kappa shape index (κ3) is 4.45. The Hall–Kier alpha value is -2.18. The normalized spacial score (nSPS) is 17.0. The van der Waals surface area contributed by atoms with Gasteiger partial charge in [-0.3, -0.25) is 14.5 Å². The molecule has 0 bridgehead atoms. The van der Waals surface area contributed by atoms with Crippen LogP contribution in [0.1, 0.15) is 52.9 Å². The highest BCUT2D eigenvalue weighted by Crippen LogP contribution is 2.38. The molecule has 1 fully saturated rings. The summed E-state index contributed by atoms with van der Waals surface area (Å²) in [4.78, 5) is 29.2. The summed E-state index contributed by atoms with van der Waals surface area (Å²) in [5.41, 5.74) is 2.56. The average Bonchev–Trinajstić information content (AvgIpc) is 3.07. The first-order chi connectivity index (χ1) is 13.7. The average molecular weight is 398 g/mol. The van der Waals surface area contributed by atoms with Crippen LogP contribution in [0.4, 0.5) is 10.7 Å². The molecule has 6 heteroatoms. The van der Waals surface area contributed by atoms with Crippen LogP contribution in [0.25, 0.3) is 0 Å². The Morgan fingerprint density at radius 1 is 0.929 bits per heavy atom. The Bertz CT molecular complexity index is 841. The number of likely N-dealkylation sites (tertiary alicyclic amines) is 1. The largest absolute Gasteiger partial charge is 0.322 e. The fourth-order valence-electron chi connectivity index (χ4n) is 4.10. The van der Waals surface area contributed by atoms with Crippen LogP contribution in [0.3, 0.4) is 0 Å². The summed E-state index contributed by atoms with van der Waals surface area (Å²) in [6.07, 6.45) is 7.71. The zero-order valence-electron chi connectivity index (χ0n) is 16.1. The molecule has 2 amide bonds. The first kappa shape index (κ1) is 19.2. The van der Waals surface area contributed by atoms with Gasteiger partial charge in [-0.05, 0) is 69.3 Å². The number of benzene rings is 1. The molecule has 1 aromatic carbocycles. The molecular weight excluding hydrogens is 370 g/mol. The zero-order chi connectivity index (χ0) is 19.3. The molecule has 0 saturated carbocycles. The molecule has 1 aliphatic heterocycles. The third-order valence-electron chi connectivity index (χ3n) is 5.50. The lowest BCUT2D eigenvalue weighted by Crippen LogP contribution is -2.37. The van der Waals surface area contributed by atoms with Crippen LogP contribution in [0.2, 0.25) is 0 Å². The smallest absolute Gasteiger partial charge is 0.258 e. The van der Waals surface area contributed by atoms with Crippen LogP contribution in [-0.2, 0) is 17.6 Å². The van der Waals surface area contributed by atoms with E-state index in [1.54, 1.807) is 11.3 Å². The molecule has 0 atom stereocenters. The number of carbonyl (C=O) groups is 2. The van der Waals surface area contributed by atoms with Crippen LogP contribution in [0.5, 0.6) is 0 Å². The fraction of sp³-hybridized carbons (Fsp3) is 0.455. The molecule has 0 radical (unpaired) electrons. The van der Waals surface area contributed by atoms with E-state index in [0.29, 0.717) is 17.1 Å². The Morgan fingerprint density at radius 2 is 1.68 bits per heavy atom. The van der Waals surface area contributed by atoms with Gasteiger partial charge in [0.15, 0.2) is 0 Å². The Balaban J connectivity index is 1.53. The van der Waals surface area contributed by atoms with Crippen molar-refractivity contribution in [2.45, 2.75) is 44.9 Å². The number of piperidine rings is 1. The van der Waals surface area contributed by atoms with Gasteiger partial charge in [0, 0.05) is 10.6 Å². The lowest BCUT2D eigenvalue weighted by molar-refractivity contribution is -0.117. The van der Waals surface area contributed by atoms with Gasteiger partial charge in [0.1, 0.15) is 5.00 Å². The molecule has 1 aromatic heterocycles. The third-order valence-corrected chi connectivity index (χ3v) is 6.71. The highest BCUT2D eigenvalue weighted by atomic mass is 32.1. The lowest BCUT2D eigenvalue weighted by atomic mass is 9.95. The van der Waals surface area contributed by atoms with E-state index in [-0.39, 0.29) is 11.8 Å². The minimum absolute atomic E-state index is 0.0192. The number of hydrogen-bond acceptors (Lipinski definition) is 4. The van der Waals surface area contributed by atoms with Gasteiger partial charge >= 0.3 is 0 Å². The zero-order valence-corrected chi connectivity index (χ0v) is 16.9. The predicted molar refractivity (Wildman–Crippen MR) is 114 cm³/mol. The highest BCUT2D eigenvalue weighted by Gasteiger charge is 2.27. The van der Waals surface area contributed by atoms with Crippen LogP contribution in [0.15, 0.2) is 30.3 Å². The number of aryl methyl sites for hydroxylation is 1. The summed E-state index contributed by atoms with van der Waals surface area (Å²) in [5, 5.41) is 6.76. The quantitative estimate of drug-likeness (QED) is 0.791. The first-order valence-electron chi connectivity index (χ1n) is 10.2. The lowest BCUT2D eigenvalue weighted by Gasteiger charge is -2.25. The van der Waals surface area contributed by atoms with Gasteiger partial charge in [-0.25, -0.2) is 0 Å². The number of amides is 2. The molecule has 148 valence electrons. The number of nitrogens with zero attached hydrogens (tertiary/aromatic N) is 1. The van der Waals surface area contributed by atoms with Crippen molar-refractivity contribution in [2.24, 2.45) is 0 Å². The van der Waals surface area contributed by atoms with Crippen molar-refractivity contribution >= 4 is 33.8 Å². The maximum absolute atomic E-state index is 13.1. The van der Waals surface area contributed by atoms with Crippen LogP contribution in [-0.4, -0.2) is 36.3 Å². The van der Waals surface area contributed by atoms with E-state index in [2.05, 4.69) is 15.5 Å². The maximum atomic E-state index is 13.1. The SMILES string of the molecule is O=C(CN1CCCCC1)Nc1sc2c(c1C(=O)Nc1ccccc1)CCCC2. The van der Waals surface area contributed by atoms with Gasteiger partial charge < -0.3 is 10.6 Å². The minimum atomic E-state index is -0.126. The van der Waals surface area contributed by atoms with Gasteiger partial charge in [-0.2, -0.15) is 0 Å². The Labute approximate surface area is 170 Å². The molecule has 1 saturated heterocycles. The van der Waals surface area contributed by atoms with Crippen molar-refractivity contribution in [3.8, 4) is 0 Å². The number of anilines is 2. The molecule has 0 spiro atoms. The summed E-state index contributed by atoms with van der Waals surface area (Å²) in [7, 11) is 0. The van der Waals surface area contributed by atoms with E-state index >= 15 is 0 Å². The second-order valence-electron chi connectivity index (χ2n) is 7.62. The molecule has 4 rings (SSSR count). The molecule has 2 aromatic rings. The molecule has 0 unspecified atom stereocenters. The summed E-state index contributed by atoms with van der Waals surface area (Å²) >= 11 is 1.58. The molecule has 1 aliphatic carbocycles. The summed E-state index contributed by atoms with van der Waals surface area (Å²) in [5.74, 6) is -0.145. The number of hydrogen-bond donors (Lipinski definition) is 2. The summed E-state index contributed by atoms with van der Waals surface area (Å²) in [6.45, 7) is 2.37. The van der Waals surface area contributed by atoms with Gasteiger partial charge in [0.25, 0.3) is 5.91 Å². The van der Waals surface area contributed by atoms with E-state index in [9.17, 15) is 9.59 Å². The summed E-state index contributed by atoms with van der Waals surface area (Å²) in [6, 6.07) is 9.49. The molecular formula is C22H27N3O2S. The van der Waals surface area contributed by atoms with Gasteiger partial charge in [0.05, 0.1) is 12.1 Å². The highest BCUT2D eigenvalue weighted by molar-refractivity contribution is 7.17. The summed E-state index contributed by atoms with van der Waals surface area (Å²) < 4.78 is 0. The van der Waals surface area contributed by atoms with E-state index in [4.69, 9.17) is 0 Å². The number of nitrogens with one attached hydrogen (secondary N) is 2. The van der Waals surface area contributed by atoms with Crippen molar-refractivity contribution in [3.63, 3.8) is 0 Å². The second kappa shape index (κ2) is 8.88. The topological polar surface area (TPSA) is 61.4 Å². The monoisotopic (exact) mass is 397 g/mol. The van der Waals surface area contributed by atoms with Crippen molar-refractivity contribution in [2.75, 3.05) is 30.3 Å². The number of carbonyl (C=O) groups excluding carboxylic acids is 2. The van der Waals surface area contributed by atoms with Gasteiger partial charge in [-0.1, -0.05) is 24.6 Å². The molecule has 2 aliphatic rings. The van der Waals surface area contributed by atoms with E-state index in [1.165, 1.54) is 11.3 Å². The van der Waals surface area contributed by atoms with E-state index in [0.717, 1.165) is 62.9 Å². The number of rotatable bonds is 5. The molecule has 2 N–H and O–H groups in total. The first-order valence-corrected chi connectivity index (χ1v) is 11.1. The number of fused-ring (bicyclic) bond motifs is 1. The standard InChI is InChI=1S/C22H27N3O2S/c26-19(15-25-13-7-2-8-14-25)24-22-20(17-11-5-6-12-18(17)28-22)21(27)23-16-9-3-1-4-10-16/h1,3-4,9-10H,2,5-8,11-15H2,(H,23,27)(H,24,26). The number of para-hydroxylation sites is 1. The minimum Gasteiger partial charge on any atom is -0.322 e. The fourth-order valence-corrected chi connectivity index (χ4v) is 5.40. The predicted octanol–water partition coefficient (Wildman–Crippen LogP) is 4.30. The maximum Gasteiger partial charge on any atom is 0.258 e. The molecule has 28 heavy (non-hydrogen) atoms. The van der Waals surface area contributed by atoms with Crippen LogP contribution in [0, 0.1) is 0 Å². The second-order valence-corrected chi connectivity index (χ2v) is 8.73. The van der Waals surface area contributed by atoms with Crippen molar-refractivity contribution < 1.29 is 9.59 Å². The number of thiophene rings is 1. The van der Waals surface area contributed by atoms with Crippen LogP contribution >= 0.6 is 11.3 Å².